The van der Waals surface area contributed by atoms with Crippen LogP contribution in [0.3, 0.4) is 0 Å². The number of rotatable bonds is 29. The molecular weight excluding hydrogens is 899 g/mol. The van der Waals surface area contributed by atoms with Crippen molar-refractivity contribution in [3.05, 3.63) is 0 Å². The molecule has 0 bridgehead atoms. The van der Waals surface area contributed by atoms with E-state index in [4.69, 9.17) is 0 Å². The van der Waals surface area contributed by atoms with Crippen LogP contribution in [-0.2, 0) is 52.7 Å². The normalized spacial score (nSPS) is 13.2. The molecule has 0 aliphatic rings. The van der Waals surface area contributed by atoms with E-state index in [9.17, 15) is 57.8 Å². The minimum absolute atomic E-state index is 0.0846. The molecule has 0 saturated carbocycles. The Morgan fingerprint density at radius 3 is 1.52 bits per heavy atom. The van der Waals surface area contributed by atoms with E-state index in [-0.39, 0.29) is 43.6 Å². The zero-order valence-electron chi connectivity index (χ0n) is 44.0. The number of likely N-dealkylation sites (N-methyl/N-ethyl adjacent to an activating group) is 7. The molecule has 0 aliphatic heterocycles. The number of carbonyl (C=O) groups excluding carboxylic acids is 11. The quantitative estimate of drug-likeness (QED) is 0.0549. The van der Waals surface area contributed by atoms with Crippen molar-refractivity contribution in [2.75, 3.05) is 95.6 Å². The highest BCUT2D eigenvalue weighted by Crippen LogP contribution is 2.14. The lowest BCUT2D eigenvalue weighted by molar-refractivity contribution is -0.147. The molecule has 5 N–H and O–H groups in total. The molecule has 0 radical (unpaired) electrons. The summed E-state index contributed by atoms with van der Waals surface area (Å²) in [7, 11) is 11.5. The molecule has 0 aromatic carbocycles. The third kappa shape index (κ3) is 22.9. The molecule has 0 aromatic heterocycles. The summed E-state index contributed by atoms with van der Waals surface area (Å²) >= 11 is 0. The largest absolute Gasteiger partial charge is 0.393 e. The van der Waals surface area contributed by atoms with Crippen molar-refractivity contribution < 1.29 is 57.8 Å². The van der Waals surface area contributed by atoms with Crippen LogP contribution in [0.2, 0.25) is 0 Å². The van der Waals surface area contributed by atoms with Crippen LogP contribution in [0.4, 0.5) is 0 Å². The second kappa shape index (κ2) is 30.6. The van der Waals surface area contributed by atoms with E-state index in [1.807, 2.05) is 27.7 Å². The molecule has 0 aliphatic carbocycles. The van der Waals surface area contributed by atoms with Crippen LogP contribution < -0.4 is 21.3 Å². The number of hydrogen-bond acceptors (Lipinski definition) is 12. The summed E-state index contributed by atoms with van der Waals surface area (Å²) in [5, 5.41) is 20.2. The fourth-order valence-electron chi connectivity index (χ4n) is 6.91. The van der Waals surface area contributed by atoms with Crippen molar-refractivity contribution in [1.82, 2.24) is 55.6 Å². The van der Waals surface area contributed by atoms with Gasteiger partial charge in [0.25, 0.3) is 0 Å². The third-order valence-electron chi connectivity index (χ3n) is 11.2. The van der Waals surface area contributed by atoms with Crippen molar-refractivity contribution in [1.29, 1.82) is 0 Å². The first kappa shape index (κ1) is 63.1. The van der Waals surface area contributed by atoms with E-state index in [2.05, 4.69) is 21.3 Å². The number of amides is 11. The highest BCUT2D eigenvalue weighted by molar-refractivity contribution is 5.96. The van der Waals surface area contributed by atoms with Gasteiger partial charge in [-0.05, 0) is 50.4 Å². The minimum Gasteiger partial charge on any atom is -0.393 e. The van der Waals surface area contributed by atoms with Gasteiger partial charge in [0.15, 0.2) is 0 Å². The summed E-state index contributed by atoms with van der Waals surface area (Å²) in [4.78, 5) is 151. The summed E-state index contributed by atoms with van der Waals surface area (Å²) in [6.07, 6.45) is 0.607. The van der Waals surface area contributed by atoms with Crippen LogP contribution in [0.5, 0.6) is 0 Å². The lowest BCUT2D eigenvalue weighted by Gasteiger charge is -2.33. The number of nitrogens with zero attached hydrogens (tertiary/aromatic N) is 7. The van der Waals surface area contributed by atoms with Crippen LogP contribution in [0.1, 0.15) is 87.5 Å². The average Bonchev–Trinajstić information content (AvgIpc) is 3.26. The van der Waals surface area contributed by atoms with Crippen LogP contribution in [-0.4, -0.2) is 230 Å². The topological polar surface area (TPSA) is 279 Å². The highest BCUT2D eigenvalue weighted by Gasteiger charge is 2.33. The predicted octanol–water partition coefficient (Wildman–Crippen LogP) is -1.92. The lowest BCUT2D eigenvalue weighted by atomic mass is 10.0. The maximum atomic E-state index is 13.4. The predicted molar refractivity (Wildman–Crippen MR) is 257 cm³/mol. The summed E-state index contributed by atoms with van der Waals surface area (Å²) in [6, 6.07) is -3.85. The summed E-state index contributed by atoms with van der Waals surface area (Å²) < 4.78 is 0. The fraction of sp³-hybridized carbons (Fsp3) is 0.761. The summed E-state index contributed by atoms with van der Waals surface area (Å²) in [5.74, 6) is -6.23. The first-order valence-corrected chi connectivity index (χ1v) is 23.4. The van der Waals surface area contributed by atoms with E-state index in [1.54, 1.807) is 34.9 Å². The molecule has 394 valence electrons. The van der Waals surface area contributed by atoms with Crippen molar-refractivity contribution in [3.8, 4) is 0 Å². The highest BCUT2D eigenvalue weighted by atomic mass is 16.3. The Bertz CT molecular complexity index is 1790. The van der Waals surface area contributed by atoms with Gasteiger partial charge >= 0.3 is 0 Å². The average molecular weight is 982 g/mol. The van der Waals surface area contributed by atoms with Gasteiger partial charge in [0.05, 0.1) is 51.8 Å². The van der Waals surface area contributed by atoms with Gasteiger partial charge < -0.3 is 60.7 Å². The van der Waals surface area contributed by atoms with Crippen molar-refractivity contribution in [2.45, 2.75) is 118 Å². The standard InChI is InChI=1S/C46H83N11O12/c1-17-33(50-35(59)21-32(58)19-18-28(2)3)45(68)55(14)26-39(63)52(11)24-37(61)47-23-38(62)56(15)34(20-29(4)5)43(66)48-22-36(60)49-31(8)44(67)54(13)25-40(64)53(12)27-41(65)57(16)42(30(6)7)46(69)51(9)10/h28-34,42,58H,17-27H2,1-16H3,(H,47,61)(H,48,66)(H,49,60)(H,50,59)/t31?,32?,33-,34?,42?/m0/s1. The van der Waals surface area contributed by atoms with E-state index in [0.717, 1.165) is 30.9 Å². The van der Waals surface area contributed by atoms with Crippen molar-refractivity contribution >= 4 is 65.0 Å². The molecule has 23 nitrogen and oxygen atoms in total. The van der Waals surface area contributed by atoms with Crippen molar-refractivity contribution in [3.63, 3.8) is 0 Å². The molecule has 0 fully saturated rings. The van der Waals surface area contributed by atoms with Crippen LogP contribution in [0.15, 0.2) is 0 Å². The fourth-order valence-corrected chi connectivity index (χ4v) is 6.91. The molecule has 5 atom stereocenters. The Kier molecular flexibility index (Phi) is 28.0. The molecule has 0 aromatic rings. The van der Waals surface area contributed by atoms with E-state index < -0.39 is 122 Å². The first-order valence-electron chi connectivity index (χ1n) is 23.4. The Hall–Kier alpha value is -5.87. The number of hydrogen-bond donors (Lipinski definition) is 5. The minimum atomic E-state index is -1.12. The van der Waals surface area contributed by atoms with E-state index in [0.29, 0.717) is 12.3 Å². The Labute approximate surface area is 408 Å². The second-order valence-electron chi connectivity index (χ2n) is 19.1. The third-order valence-corrected chi connectivity index (χ3v) is 11.2. The monoisotopic (exact) mass is 982 g/mol. The number of nitrogens with one attached hydrogen (secondary N) is 4. The SMILES string of the molecule is CC[C@H](NC(=O)CC(O)CCC(C)C)C(=O)N(C)CC(=O)N(C)CC(=O)NCC(=O)N(C)C(CC(C)C)C(=O)NCC(=O)NC(C)C(=O)N(C)CC(=O)N(C)CC(=O)N(C)C(C(=O)N(C)C)C(C)C. The van der Waals surface area contributed by atoms with Gasteiger partial charge in [-0.25, -0.2) is 0 Å². The van der Waals surface area contributed by atoms with E-state index in [1.165, 1.54) is 59.0 Å². The van der Waals surface area contributed by atoms with Gasteiger partial charge in [-0.1, -0.05) is 48.5 Å². The molecule has 23 heteroatoms. The smallest absolute Gasteiger partial charge is 0.245 e. The maximum absolute atomic E-state index is 13.4. The molecule has 4 unspecified atom stereocenters. The van der Waals surface area contributed by atoms with Gasteiger partial charge in [-0.15, -0.1) is 0 Å². The van der Waals surface area contributed by atoms with Gasteiger partial charge in [-0.3, -0.25) is 52.7 Å². The molecule has 11 amide bonds. The number of carbonyl (C=O) groups is 11. The molecule has 0 saturated heterocycles. The zero-order valence-corrected chi connectivity index (χ0v) is 44.0. The molecule has 0 heterocycles. The van der Waals surface area contributed by atoms with Gasteiger partial charge in [0.2, 0.25) is 65.0 Å². The summed E-state index contributed by atoms with van der Waals surface area (Å²) in [6.45, 7) is 11.6. The first-order chi connectivity index (χ1) is 31.9. The number of aliphatic hydroxyl groups is 1. The Morgan fingerprint density at radius 2 is 1.03 bits per heavy atom. The zero-order chi connectivity index (χ0) is 53.6. The van der Waals surface area contributed by atoms with Gasteiger partial charge in [0, 0.05) is 56.4 Å². The van der Waals surface area contributed by atoms with Crippen LogP contribution in [0, 0.1) is 17.8 Å². The van der Waals surface area contributed by atoms with Crippen LogP contribution >= 0.6 is 0 Å². The maximum Gasteiger partial charge on any atom is 0.245 e. The second-order valence-corrected chi connectivity index (χ2v) is 19.1. The van der Waals surface area contributed by atoms with Gasteiger partial charge in [-0.2, -0.15) is 0 Å². The lowest BCUT2D eigenvalue weighted by Crippen LogP contribution is -2.54. The van der Waals surface area contributed by atoms with Crippen molar-refractivity contribution in [2.24, 2.45) is 17.8 Å². The van der Waals surface area contributed by atoms with Crippen LogP contribution in [0.25, 0.3) is 0 Å². The number of aliphatic hydroxyl groups excluding tert-OH is 1. The summed E-state index contributed by atoms with van der Waals surface area (Å²) in [5.41, 5.74) is 0. The van der Waals surface area contributed by atoms with Gasteiger partial charge in [0.1, 0.15) is 24.2 Å². The van der Waals surface area contributed by atoms with E-state index >= 15 is 0 Å². The Morgan fingerprint density at radius 1 is 0.507 bits per heavy atom. The Balaban J connectivity index is 5.21. The molecular formula is C46H83N11O12. The molecule has 0 rings (SSSR count). The molecule has 69 heavy (non-hydrogen) atoms. The molecule has 0 spiro atoms.